The van der Waals surface area contributed by atoms with Crippen LogP contribution in [0.2, 0.25) is 0 Å². The van der Waals surface area contributed by atoms with Crippen LogP contribution in [-0.2, 0) is 4.79 Å². The zero-order valence-electron chi connectivity index (χ0n) is 11.6. The van der Waals surface area contributed by atoms with E-state index in [0.717, 1.165) is 30.2 Å². The van der Waals surface area contributed by atoms with Crippen LogP contribution in [0.25, 0.3) is 0 Å². The molecule has 0 spiro atoms. The quantitative estimate of drug-likeness (QED) is 0.724. The molecule has 0 bridgehead atoms. The Morgan fingerprint density at radius 1 is 1.24 bits per heavy atom. The Morgan fingerprint density at radius 3 is 2.62 bits per heavy atom. The first kappa shape index (κ1) is 15.8. The van der Waals surface area contributed by atoms with Gasteiger partial charge in [0, 0.05) is 16.2 Å². The van der Waals surface area contributed by atoms with Crippen LogP contribution in [0.4, 0.5) is 5.69 Å². The van der Waals surface area contributed by atoms with E-state index in [1.54, 1.807) is 18.2 Å². The lowest BCUT2D eigenvalue weighted by Gasteiger charge is -2.25. The number of primary amides is 1. The number of carboxylic acids is 1. The Morgan fingerprint density at radius 2 is 1.95 bits per heavy atom. The van der Waals surface area contributed by atoms with Crippen LogP contribution >= 0.6 is 15.9 Å². The largest absolute Gasteiger partial charge is 0.481 e. The standard InChI is InChI=1S/C15H19BrN2O3/c16-9-6-7-13(11(8-9)14(17)19)18-12-5-3-1-2-4-10(12)15(20)21/h6-8,10,12,18H,1-5H2,(H2,17,19)(H,20,21). The molecule has 2 unspecified atom stereocenters. The maximum Gasteiger partial charge on any atom is 0.308 e. The zero-order valence-corrected chi connectivity index (χ0v) is 13.2. The van der Waals surface area contributed by atoms with Crippen molar-refractivity contribution in [3.05, 3.63) is 28.2 Å². The molecule has 5 nitrogen and oxygen atoms in total. The van der Waals surface area contributed by atoms with E-state index in [1.807, 2.05) is 0 Å². The number of aliphatic carboxylic acids is 1. The molecular formula is C15H19BrN2O3. The Labute approximate surface area is 132 Å². The fraction of sp³-hybridized carbons (Fsp3) is 0.467. The third kappa shape index (κ3) is 3.97. The molecule has 21 heavy (non-hydrogen) atoms. The molecule has 1 aliphatic carbocycles. The summed E-state index contributed by atoms with van der Waals surface area (Å²) < 4.78 is 0.762. The van der Waals surface area contributed by atoms with Gasteiger partial charge in [0.05, 0.1) is 11.5 Å². The van der Waals surface area contributed by atoms with Crippen molar-refractivity contribution >= 4 is 33.5 Å². The van der Waals surface area contributed by atoms with Crippen LogP contribution < -0.4 is 11.1 Å². The number of halogens is 1. The summed E-state index contributed by atoms with van der Waals surface area (Å²) in [5, 5.41) is 12.6. The molecule has 1 fully saturated rings. The third-order valence-corrected chi connectivity index (χ3v) is 4.41. The number of carbonyl (C=O) groups excluding carboxylic acids is 1. The number of rotatable bonds is 4. The van der Waals surface area contributed by atoms with Gasteiger partial charge in [-0.15, -0.1) is 0 Å². The van der Waals surface area contributed by atoms with Crippen molar-refractivity contribution in [3.63, 3.8) is 0 Å². The molecule has 0 saturated heterocycles. The molecular weight excluding hydrogens is 336 g/mol. The Balaban J connectivity index is 2.26. The summed E-state index contributed by atoms with van der Waals surface area (Å²) in [6.07, 6.45) is 4.41. The Kier molecular flexibility index (Phi) is 5.22. The summed E-state index contributed by atoms with van der Waals surface area (Å²) in [7, 11) is 0. The number of carbonyl (C=O) groups is 2. The van der Waals surface area contributed by atoms with Crippen molar-refractivity contribution in [1.82, 2.24) is 0 Å². The smallest absolute Gasteiger partial charge is 0.308 e. The molecule has 0 aliphatic heterocycles. The van der Waals surface area contributed by atoms with E-state index >= 15 is 0 Å². The van der Waals surface area contributed by atoms with Gasteiger partial charge in [-0.3, -0.25) is 9.59 Å². The minimum absolute atomic E-state index is 0.177. The minimum Gasteiger partial charge on any atom is -0.481 e. The van der Waals surface area contributed by atoms with Crippen molar-refractivity contribution < 1.29 is 14.7 Å². The summed E-state index contributed by atoms with van der Waals surface area (Å²) in [4.78, 5) is 23.0. The topological polar surface area (TPSA) is 92.4 Å². The van der Waals surface area contributed by atoms with Crippen LogP contribution in [0, 0.1) is 5.92 Å². The summed E-state index contributed by atoms with van der Waals surface area (Å²) in [5.74, 6) is -1.75. The molecule has 2 atom stereocenters. The highest BCUT2D eigenvalue weighted by atomic mass is 79.9. The lowest BCUT2D eigenvalue weighted by molar-refractivity contribution is -0.142. The molecule has 1 aliphatic rings. The average Bonchev–Trinajstić information content (AvgIpc) is 2.66. The number of hydrogen-bond donors (Lipinski definition) is 3. The van der Waals surface area contributed by atoms with Gasteiger partial charge in [-0.1, -0.05) is 35.2 Å². The van der Waals surface area contributed by atoms with Crippen molar-refractivity contribution in [2.75, 3.05) is 5.32 Å². The summed E-state index contributed by atoms with van der Waals surface area (Å²) in [5.41, 5.74) is 6.37. The highest BCUT2D eigenvalue weighted by molar-refractivity contribution is 9.10. The van der Waals surface area contributed by atoms with E-state index < -0.39 is 17.8 Å². The Hall–Kier alpha value is -1.56. The highest BCUT2D eigenvalue weighted by Crippen LogP contribution is 2.29. The first-order valence-corrected chi connectivity index (χ1v) is 7.87. The van der Waals surface area contributed by atoms with Crippen molar-refractivity contribution in [1.29, 1.82) is 0 Å². The van der Waals surface area contributed by atoms with Gasteiger partial charge in [-0.05, 0) is 31.0 Å². The number of amides is 1. The van der Waals surface area contributed by atoms with Crippen molar-refractivity contribution in [2.24, 2.45) is 11.7 Å². The monoisotopic (exact) mass is 354 g/mol. The van der Waals surface area contributed by atoms with E-state index in [-0.39, 0.29) is 6.04 Å². The molecule has 0 heterocycles. The van der Waals surface area contributed by atoms with E-state index in [2.05, 4.69) is 21.2 Å². The first-order valence-electron chi connectivity index (χ1n) is 7.07. The van der Waals surface area contributed by atoms with Gasteiger partial charge in [0.15, 0.2) is 0 Å². The molecule has 6 heteroatoms. The number of anilines is 1. The SMILES string of the molecule is NC(=O)c1cc(Br)ccc1NC1CCCCCC1C(=O)O. The molecule has 0 aromatic heterocycles. The molecule has 1 amide bonds. The number of benzene rings is 1. The number of nitrogens with two attached hydrogens (primary N) is 1. The number of hydrogen-bond acceptors (Lipinski definition) is 3. The van der Waals surface area contributed by atoms with E-state index in [9.17, 15) is 14.7 Å². The summed E-state index contributed by atoms with van der Waals surface area (Å²) in [6.45, 7) is 0. The fourth-order valence-electron chi connectivity index (χ4n) is 2.82. The van der Waals surface area contributed by atoms with Crippen LogP contribution in [0.3, 0.4) is 0 Å². The predicted molar refractivity (Wildman–Crippen MR) is 84.3 cm³/mol. The third-order valence-electron chi connectivity index (χ3n) is 3.92. The van der Waals surface area contributed by atoms with Gasteiger partial charge in [-0.2, -0.15) is 0 Å². The van der Waals surface area contributed by atoms with E-state index in [1.165, 1.54) is 0 Å². The maximum atomic E-state index is 11.5. The van der Waals surface area contributed by atoms with Gasteiger partial charge >= 0.3 is 5.97 Å². The van der Waals surface area contributed by atoms with E-state index in [0.29, 0.717) is 17.7 Å². The molecule has 1 saturated carbocycles. The fourth-order valence-corrected chi connectivity index (χ4v) is 3.18. The Bertz CT molecular complexity index is 548. The van der Waals surface area contributed by atoms with Gasteiger partial charge in [0.25, 0.3) is 5.91 Å². The predicted octanol–water partition coefficient (Wildman–Crippen LogP) is 2.99. The molecule has 4 N–H and O–H groups in total. The molecule has 2 rings (SSSR count). The van der Waals surface area contributed by atoms with Crippen LogP contribution in [0.5, 0.6) is 0 Å². The van der Waals surface area contributed by atoms with E-state index in [4.69, 9.17) is 5.73 Å². The second-order valence-electron chi connectivity index (χ2n) is 5.39. The van der Waals surface area contributed by atoms with Gasteiger partial charge in [-0.25, -0.2) is 0 Å². The normalized spacial score (nSPS) is 22.3. The first-order chi connectivity index (χ1) is 9.99. The molecule has 1 aromatic rings. The minimum atomic E-state index is -0.785. The zero-order chi connectivity index (χ0) is 15.4. The lowest BCUT2D eigenvalue weighted by atomic mass is 9.94. The lowest BCUT2D eigenvalue weighted by Crippen LogP contribution is -2.34. The summed E-state index contributed by atoms with van der Waals surface area (Å²) in [6, 6.07) is 5.04. The van der Waals surface area contributed by atoms with Crippen LogP contribution in [0.1, 0.15) is 42.5 Å². The molecule has 114 valence electrons. The highest BCUT2D eigenvalue weighted by Gasteiger charge is 2.30. The van der Waals surface area contributed by atoms with Gasteiger partial charge < -0.3 is 16.2 Å². The van der Waals surface area contributed by atoms with Gasteiger partial charge in [0.1, 0.15) is 0 Å². The second-order valence-corrected chi connectivity index (χ2v) is 6.30. The van der Waals surface area contributed by atoms with Crippen molar-refractivity contribution in [2.45, 2.75) is 38.1 Å². The molecule has 1 aromatic carbocycles. The maximum absolute atomic E-state index is 11.5. The number of carboxylic acid groups (broad SMARTS) is 1. The van der Waals surface area contributed by atoms with Gasteiger partial charge in [0.2, 0.25) is 0 Å². The van der Waals surface area contributed by atoms with Crippen LogP contribution in [0.15, 0.2) is 22.7 Å². The van der Waals surface area contributed by atoms with Crippen LogP contribution in [-0.4, -0.2) is 23.0 Å². The van der Waals surface area contributed by atoms with Crippen molar-refractivity contribution in [3.8, 4) is 0 Å². The number of nitrogens with one attached hydrogen (secondary N) is 1. The average molecular weight is 355 g/mol. The summed E-state index contributed by atoms with van der Waals surface area (Å²) >= 11 is 3.31. The molecule has 0 radical (unpaired) electrons. The second kappa shape index (κ2) is 6.93.